The summed E-state index contributed by atoms with van der Waals surface area (Å²) in [5.41, 5.74) is 7.51. The monoisotopic (exact) mass is 406 g/mol. The smallest absolute Gasteiger partial charge is 0.258 e. The molecule has 0 N–H and O–H groups in total. The number of nitrogens with zero attached hydrogens (tertiary/aromatic N) is 2. The molecule has 0 aromatic heterocycles. The lowest BCUT2D eigenvalue weighted by atomic mass is 9.97. The summed E-state index contributed by atoms with van der Waals surface area (Å²) in [7, 11) is 0. The lowest BCUT2D eigenvalue weighted by molar-refractivity contribution is -0.384. The maximum atomic E-state index is 11.5. The predicted molar refractivity (Wildman–Crippen MR) is 127 cm³/mol. The molecule has 0 aliphatic heterocycles. The van der Waals surface area contributed by atoms with Crippen molar-refractivity contribution in [1.29, 1.82) is 0 Å². The minimum atomic E-state index is -0.343. The Morgan fingerprint density at radius 2 is 1.35 bits per heavy atom. The maximum absolute atomic E-state index is 11.5. The van der Waals surface area contributed by atoms with Gasteiger partial charge in [-0.15, -0.1) is 0 Å². The zero-order valence-corrected chi connectivity index (χ0v) is 17.4. The van der Waals surface area contributed by atoms with Crippen molar-refractivity contribution in [2.75, 3.05) is 0 Å². The molecule has 0 radical (unpaired) electrons. The molecule has 0 aliphatic rings. The Bertz CT molecular complexity index is 1260. The molecular formula is C27H22N2O2. The summed E-state index contributed by atoms with van der Waals surface area (Å²) in [6.07, 6.45) is 0. The molecule has 4 aromatic carbocycles. The molecule has 0 atom stereocenters. The van der Waals surface area contributed by atoms with Gasteiger partial charge in [0.1, 0.15) is 0 Å². The summed E-state index contributed by atoms with van der Waals surface area (Å²) in [4.78, 5) is 16.0. The van der Waals surface area contributed by atoms with E-state index in [0.29, 0.717) is 5.56 Å². The van der Waals surface area contributed by atoms with Gasteiger partial charge in [-0.1, -0.05) is 78.9 Å². The fourth-order valence-electron chi connectivity index (χ4n) is 3.68. The molecule has 4 nitrogen and oxygen atoms in total. The molecule has 4 heteroatoms. The molecule has 0 fully saturated rings. The van der Waals surface area contributed by atoms with Gasteiger partial charge in [-0.3, -0.25) is 15.1 Å². The average Bonchev–Trinajstić information content (AvgIpc) is 2.81. The largest absolute Gasteiger partial charge is 0.277 e. The molecule has 4 rings (SSSR count). The zero-order valence-electron chi connectivity index (χ0n) is 17.4. The quantitative estimate of drug-likeness (QED) is 0.197. The summed E-state index contributed by atoms with van der Waals surface area (Å²) in [5, 5.41) is 11.5. The number of benzene rings is 4. The highest BCUT2D eigenvalue weighted by Crippen LogP contribution is 2.35. The van der Waals surface area contributed by atoms with E-state index >= 15 is 0 Å². The van der Waals surface area contributed by atoms with Crippen LogP contribution in [0.4, 0.5) is 11.4 Å². The Balaban J connectivity index is 1.68. The van der Waals surface area contributed by atoms with Gasteiger partial charge in [-0.2, -0.15) is 0 Å². The van der Waals surface area contributed by atoms with Gasteiger partial charge in [0.25, 0.3) is 5.69 Å². The van der Waals surface area contributed by atoms with Crippen LogP contribution in [0.5, 0.6) is 0 Å². The van der Waals surface area contributed by atoms with E-state index < -0.39 is 0 Å². The van der Waals surface area contributed by atoms with Crippen molar-refractivity contribution in [2.45, 2.75) is 13.8 Å². The molecule has 0 heterocycles. The van der Waals surface area contributed by atoms with Crippen molar-refractivity contribution in [2.24, 2.45) is 4.99 Å². The molecule has 0 amide bonds. The van der Waals surface area contributed by atoms with Crippen LogP contribution in [-0.2, 0) is 0 Å². The molecule has 0 saturated carbocycles. The standard InChI is InChI=1S/C27H22N2O2/c1-19-24(25-11-6-7-14-27(25)29(30)31)12-8-13-26(19)28-20(2)21-15-17-23(18-16-21)22-9-4-3-5-10-22/h3-18H,1-2H3. The minimum Gasteiger partial charge on any atom is -0.258 e. The van der Waals surface area contributed by atoms with E-state index in [-0.39, 0.29) is 10.6 Å². The van der Waals surface area contributed by atoms with Crippen molar-refractivity contribution in [3.8, 4) is 22.3 Å². The summed E-state index contributed by atoms with van der Waals surface area (Å²) < 4.78 is 0. The van der Waals surface area contributed by atoms with Crippen LogP contribution < -0.4 is 0 Å². The normalized spacial score (nSPS) is 11.4. The Morgan fingerprint density at radius 1 is 0.742 bits per heavy atom. The van der Waals surface area contributed by atoms with Crippen LogP contribution in [0.25, 0.3) is 22.3 Å². The van der Waals surface area contributed by atoms with E-state index in [1.165, 1.54) is 11.6 Å². The number of hydrogen-bond acceptors (Lipinski definition) is 3. The number of hydrogen-bond donors (Lipinski definition) is 0. The van der Waals surface area contributed by atoms with E-state index in [2.05, 4.69) is 36.4 Å². The molecule has 0 unspecified atom stereocenters. The summed E-state index contributed by atoms with van der Waals surface area (Å²) in [6.45, 7) is 3.94. The second-order valence-electron chi connectivity index (χ2n) is 7.36. The van der Waals surface area contributed by atoms with Crippen molar-refractivity contribution < 1.29 is 4.92 Å². The molecule has 0 bridgehead atoms. The molecule has 0 spiro atoms. The molecule has 152 valence electrons. The summed E-state index contributed by atoms with van der Waals surface area (Å²) >= 11 is 0. The second-order valence-corrected chi connectivity index (χ2v) is 7.36. The van der Waals surface area contributed by atoms with Gasteiger partial charge >= 0.3 is 0 Å². The highest BCUT2D eigenvalue weighted by molar-refractivity contribution is 6.01. The lowest BCUT2D eigenvalue weighted by Gasteiger charge is -2.10. The number of rotatable bonds is 5. The topological polar surface area (TPSA) is 55.5 Å². The van der Waals surface area contributed by atoms with Gasteiger partial charge in [-0.05, 0) is 53.8 Å². The summed E-state index contributed by atoms with van der Waals surface area (Å²) in [6, 6.07) is 31.1. The highest BCUT2D eigenvalue weighted by atomic mass is 16.6. The number of nitro benzene ring substituents is 1. The Morgan fingerprint density at radius 3 is 2.06 bits per heavy atom. The first-order valence-electron chi connectivity index (χ1n) is 10.1. The zero-order chi connectivity index (χ0) is 21.8. The SMILES string of the molecule is CC(=Nc1cccc(-c2ccccc2[N+](=O)[O-])c1C)c1ccc(-c2ccccc2)cc1. The molecular weight excluding hydrogens is 384 g/mol. The van der Waals surface area contributed by atoms with Crippen molar-refractivity contribution in [1.82, 2.24) is 0 Å². The van der Waals surface area contributed by atoms with Gasteiger partial charge in [0.05, 0.1) is 16.2 Å². The van der Waals surface area contributed by atoms with Crippen molar-refractivity contribution >= 4 is 17.1 Å². The van der Waals surface area contributed by atoms with Gasteiger partial charge < -0.3 is 0 Å². The molecule has 0 saturated heterocycles. The van der Waals surface area contributed by atoms with E-state index in [0.717, 1.165) is 33.7 Å². The first-order chi connectivity index (χ1) is 15.0. The van der Waals surface area contributed by atoms with Crippen LogP contribution in [0.2, 0.25) is 0 Å². The van der Waals surface area contributed by atoms with E-state index in [9.17, 15) is 10.1 Å². The minimum absolute atomic E-state index is 0.0972. The number of nitro groups is 1. The number of para-hydroxylation sites is 1. The number of aliphatic imine (C=N–C) groups is 1. The van der Waals surface area contributed by atoms with Gasteiger partial charge in [0.15, 0.2) is 0 Å². The Kier molecular flexibility index (Phi) is 5.72. The third-order valence-electron chi connectivity index (χ3n) is 5.39. The van der Waals surface area contributed by atoms with E-state index in [4.69, 9.17) is 4.99 Å². The first-order valence-corrected chi connectivity index (χ1v) is 10.1. The average molecular weight is 406 g/mol. The fraction of sp³-hybridized carbons (Fsp3) is 0.0741. The third kappa shape index (κ3) is 4.28. The van der Waals surface area contributed by atoms with Gasteiger partial charge in [0.2, 0.25) is 0 Å². The second kappa shape index (κ2) is 8.76. The lowest BCUT2D eigenvalue weighted by Crippen LogP contribution is -1.96. The summed E-state index contributed by atoms with van der Waals surface area (Å²) in [5.74, 6) is 0. The molecule has 31 heavy (non-hydrogen) atoms. The highest BCUT2D eigenvalue weighted by Gasteiger charge is 2.17. The van der Waals surface area contributed by atoms with E-state index in [1.54, 1.807) is 12.1 Å². The maximum Gasteiger partial charge on any atom is 0.277 e. The van der Waals surface area contributed by atoms with Crippen molar-refractivity contribution in [3.63, 3.8) is 0 Å². The van der Waals surface area contributed by atoms with Crippen LogP contribution in [0, 0.1) is 17.0 Å². The van der Waals surface area contributed by atoms with E-state index in [1.807, 2.05) is 56.3 Å². The van der Waals surface area contributed by atoms with Crippen LogP contribution >= 0.6 is 0 Å². The van der Waals surface area contributed by atoms with Gasteiger partial charge in [0, 0.05) is 11.8 Å². The first kappa shape index (κ1) is 20.2. The third-order valence-corrected chi connectivity index (χ3v) is 5.39. The van der Waals surface area contributed by atoms with Crippen molar-refractivity contribution in [3.05, 3.63) is 118 Å². The Labute approximate surface area is 181 Å². The van der Waals surface area contributed by atoms with Crippen LogP contribution in [0.1, 0.15) is 18.1 Å². The molecule has 0 aliphatic carbocycles. The fourth-order valence-corrected chi connectivity index (χ4v) is 3.68. The van der Waals surface area contributed by atoms with Crippen LogP contribution in [0.3, 0.4) is 0 Å². The van der Waals surface area contributed by atoms with Gasteiger partial charge in [-0.25, -0.2) is 0 Å². The molecule has 4 aromatic rings. The van der Waals surface area contributed by atoms with Crippen LogP contribution in [-0.4, -0.2) is 10.6 Å². The Hall–Kier alpha value is -4.05. The predicted octanol–water partition coefficient (Wildman–Crippen LogP) is 7.38. The van der Waals surface area contributed by atoms with Crippen LogP contribution in [0.15, 0.2) is 102 Å².